The molecule has 4 saturated heterocycles. The number of rotatable bonds is 3. The van der Waals surface area contributed by atoms with Crippen LogP contribution in [0.5, 0.6) is 0 Å². The zero-order valence-corrected chi connectivity index (χ0v) is 18.1. The van der Waals surface area contributed by atoms with E-state index in [1.54, 1.807) is 0 Å². The van der Waals surface area contributed by atoms with Crippen LogP contribution >= 0.6 is 0 Å². The molecule has 4 aliphatic rings. The molecule has 5 heteroatoms. The molecule has 6 rings (SSSR count). The molecule has 162 valence electrons. The highest BCUT2D eigenvalue weighted by atomic mass is 19.1. The van der Waals surface area contributed by atoms with Gasteiger partial charge < -0.3 is 10.0 Å². The van der Waals surface area contributed by atoms with Crippen LogP contribution in [0.2, 0.25) is 0 Å². The summed E-state index contributed by atoms with van der Waals surface area (Å²) in [5.41, 5.74) is 1.96. The number of pyridine rings is 1. The fourth-order valence-electron chi connectivity index (χ4n) is 5.17. The molecule has 0 unspecified atom stereocenters. The fraction of sp³-hybridized carbons (Fsp3) is 0.500. The number of aromatic nitrogens is 1. The van der Waals surface area contributed by atoms with Gasteiger partial charge in [-0.1, -0.05) is 49.1 Å². The molecule has 1 N–H and O–H groups in total. The van der Waals surface area contributed by atoms with Crippen molar-refractivity contribution in [1.82, 2.24) is 9.88 Å². The number of piperidine rings is 3. The number of hydrogen-bond donors (Lipinski definition) is 1. The van der Waals surface area contributed by atoms with E-state index in [2.05, 4.69) is 28.9 Å². The Labute approximate surface area is 184 Å². The Kier molecular flexibility index (Phi) is 5.45. The van der Waals surface area contributed by atoms with Crippen LogP contribution in [0.15, 0.2) is 42.5 Å². The molecule has 0 aliphatic carbocycles. The van der Waals surface area contributed by atoms with Gasteiger partial charge in [-0.2, -0.15) is 0 Å². The van der Waals surface area contributed by atoms with E-state index >= 15 is 0 Å². The summed E-state index contributed by atoms with van der Waals surface area (Å²) in [5.74, 6) is 7.59. The van der Waals surface area contributed by atoms with Gasteiger partial charge in [0.25, 0.3) is 0 Å². The van der Waals surface area contributed by atoms with Crippen LogP contribution in [0.25, 0.3) is 0 Å². The number of hydrogen-bond acceptors (Lipinski definition) is 4. The maximum Gasteiger partial charge on any atom is 0.141 e. The van der Waals surface area contributed by atoms with E-state index in [1.807, 2.05) is 42.2 Å². The summed E-state index contributed by atoms with van der Waals surface area (Å²) >= 11 is 0. The minimum absolute atomic E-state index is 0.0183. The minimum Gasteiger partial charge on any atom is -0.376 e. The molecular weight excluding hydrogens is 389 g/mol. The maximum absolute atomic E-state index is 14.1. The van der Waals surface area contributed by atoms with E-state index in [0.29, 0.717) is 26.1 Å². The van der Waals surface area contributed by atoms with Gasteiger partial charge in [-0.25, -0.2) is 9.37 Å². The standard InChI is InChI=1S/C26H30FN3O/c1-19-16-30(17-23(19)27)25-8-7-21(24(28-25)15-20-5-3-2-4-6-20)9-12-26(31)18-29-13-10-22(26)11-14-29/h2-8,19,22-23,31H,10-11,13-18H2,1H3/t19-,23+,26-/m1/s1. The molecule has 2 bridgehead atoms. The van der Waals surface area contributed by atoms with Crippen molar-refractivity contribution in [3.63, 3.8) is 0 Å². The third-order valence-corrected chi connectivity index (χ3v) is 7.16. The van der Waals surface area contributed by atoms with Crippen LogP contribution in [0.3, 0.4) is 0 Å². The van der Waals surface area contributed by atoms with Crippen molar-refractivity contribution in [1.29, 1.82) is 0 Å². The summed E-state index contributed by atoms with van der Waals surface area (Å²) in [6, 6.07) is 14.2. The van der Waals surface area contributed by atoms with Crippen molar-refractivity contribution < 1.29 is 9.50 Å². The molecule has 4 nitrogen and oxygen atoms in total. The smallest absolute Gasteiger partial charge is 0.141 e. The number of fused-ring (bicyclic) bond motifs is 3. The number of nitrogens with zero attached hydrogens (tertiary/aromatic N) is 3. The molecule has 2 aromatic rings. The molecule has 31 heavy (non-hydrogen) atoms. The molecule has 4 fully saturated rings. The molecule has 4 aliphatic heterocycles. The van der Waals surface area contributed by atoms with E-state index in [-0.39, 0.29) is 11.8 Å². The second kappa shape index (κ2) is 8.26. The van der Waals surface area contributed by atoms with Gasteiger partial charge in [0.15, 0.2) is 0 Å². The number of anilines is 1. The highest BCUT2D eigenvalue weighted by molar-refractivity contribution is 5.50. The van der Waals surface area contributed by atoms with Gasteiger partial charge in [0.1, 0.15) is 17.6 Å². The van der Waals surface area contributed by atoms with Crippen LogP contribution in [0.1, 0.15) is 36.6 Å². The zero-order valence-electron chi connectivity index (χ0n) is 18.1. The van der Waals surface area contributed by atoms with E-state index in [1.165, 1.54) is 0 Å². The lowest BCUT2D eigenvalue weighted by Gasteiger charge is -2.47. The van der Waals surface area contributed by atoms with Gasteiger partial charge in [-0.05, 0) is 43.6 Å². The van der Waals surface area contributed by atoms with Crippen molar-refractivity contribution >= 4 is 5.82 Å². The first-order valence-corrected chi connectivity index (χ1v) is 11.4. The molecule has 1 aromatic heterocycles. The molecule has 0 amide bonds. The third kappa shape index (κ3) is 4.20. The first-order valence-electron chi connectivity index (χ1n) is 11.4. The normalized spacial score (nSPS) is 32.0. The van der Waals surface area contributed by atoms with Crippen LogP contribution in [0, 0.1) is 23.7 Å². The van der Waals surface area contributed by atoms with Crippen LogP contribution in [-0.2, 0) is 6.42 Å². The Morgan fingerprint density at radius 3 is 2.55 bits per heavy atom. The Morgan fingerprint density at radius 2 is 1.90 bits per heavy atom. The molecule has 0 saturated carbocycles. The summed E-state index contributed by atoms with van der Waals surface area (Å²) in [6.45, 7) is 5.78. The number of benzene rings is 1. The van der Waals surface area contributed by atoms with Gasteiger partial charge in [-0.3, -0.25) is 4.90 Å². The second-order valence-electron chi connectivity index (χ2n) is 9.45. The van der Waals surface area contributed by atoms with E-state index < -0.39 is 11.8 Å². The predicted molar refractivity (Wildman–Crippen MR) is 121 cm³/mol. The largest absolute Gasteiger partial charge is 0.376 e. The minimum atomic E-state index is -0.939. The molecular formula is C26H30FN3O. The average molecular weight is 420 g/mol. The van der Waals surface area contributed by atoms with Crippen molar-refractivity contribution in [3.05, 3.63) is 59.3 Å². The lowest BCUT2D eigenvalue weighted by Crippen LogP contribution is -2.58. The molecule has 3 atom stereocenters. The SMILES string of the molecule is C[C@@H]1CN(c2ccc(C#C[C@@]3(O)CN4CCC3CC4)c(Cc3ccccc3)n2)C[C@@H]1F. The van der Waals surface area contributed by atoms with Gasteiger partial charge >= 0.3 is 0 Å². The van der Waals surface area contributed by atoms with Crippen molar-refractivity contribution in [2.45, 2.75) is 38.0 Å². The van der Waals surface area contributed by atoms with Crippen molar-refractivity contribution in [2.75, 3.05) is 37.6 Å². The van der Waals surface area contributed by atoms with E-state index in [4.69, 9.17) is 4.98 Å². The summed E-state index contributed by atoms with van der Waals surface area (Å²) < 4.78 is 14.1. The molecule has 5 heterocycles. The fourth-order valence-corrected chi connectivity index (χ4v) is 5.17. The van der Waals surface area contributed by atoms with Gasteiger partial charge in [0.05, 0.1) is 12.2 Å². The summed E-state index contributed by atoms with van der Waals surface area (Å²) in [6.07, 6.45) is 1.87. The number of halogens is 1. The Bertz CT molecular complexity index is 983. The van der Waals surface area contributed by atoms with Crippen LogP contribution in [-0.4, -0.2) is 59.5 Å². The number of aliphatic hydroxyl groups is 1. The zero-order chi connectivity index (χ0) is 21.4. The van der Waals surface area contributed by atoms with Crippen LogP contribution in [0.4, 0.5) is 10.2 Å². The maximum atomic E-state index is 14.1. The van der Waals surface area contributed by atoms with Crippen molar-refractivity contribution in [2.24, 2.45) is 11.8 Å². The van der Waals surface area contributed by atoms with E-state index in [0.717, 1.165) is 48.6 Å². The molecule has 0 radical (unpaired) electrons. The Hall–Kier alpha value is -2.42. The van der Waals surface area contributed by atoms with Crippen molar-refractivity contribution in [3.8, 4) is 11.8 Å². The average Bonchev–Trinajstić information content (AvgIpc) is 3.12. The Morgan fingerprint density at radius 1 is 1.13 bits per heavy atom. The monoisotopic (exact) mass is 419 g/mol. The summed E-state index contributed by atoms with van der Waals surface area (Å²) in [7, 11) is 0. The Balaban J connectivity index is 1.46. The molecule has 1 aromatic carbocycles. The van der Waals surface area contributed by atoms with Gasteiger partial charge in [0, 0.05) is 36.9 Å². The lowest BCUT2D eigenvalue weighted by molar-refractivity contribution is -0.0713. The van der Waals surface area contributed by atoms with Crippen LogP contribution < -0.4 is 4.90 Å². The highest BCUT2D eigenvalue weighted by Crippen LogP contribution is 2.35. The van der Waals surface area contributed by atoms with E-state index in [9.17, 15) is 9.50 Å². The first-order chi connectivity index (χ1) is 15.0. The number of alkyl halides is 1. The summed E-state index contributed by atoms with van der Waals surface area (Å²) in [5, 5.41) is 11.2. The first kappa shape index (κ1) is 20.5. The highest BCUT2D eigenvalue weighted by Gasteiger charge is 2.44. The molecule has 0 spiro atoms. The third-order valence-electron chi connectivity index (χ3n) is 7.16. The van der Waals surface area contributed by atoms with Gasteiger partial charge in [-0.15, -0.1) is 0 Å². The van der Waals surface area contributed by atoms with Gasteiger partial charge in [0.2, 0.25) is 0 Å². The second-order valence-corrected chi connectivity index (χ2v) is 9.45. The topological polar surface area (TPSA) is 39.6 Å². The predicted octanol–water partition coefficient (Wildman–Crippen LogP) is 3.27. The quantitative estimate of drug-likeness (QED) is 0.776. The summed E-state index contributed by atoms with van der Waals surface area (Å²) in [4.78, 5) is 9.26. The lowest BCUT2D eigenvalue weighted by atomic mass is 9.75.